The third-order valence-electron chi connectivity index (χ3n) is 4.22. The van der Waals surface area contributed by atoms with Gasteiger partial charge in [0, 0.05) is 13.6 Å². The normalized spacial score (nSPS) is 16.7. The van der Waals surface area contributed by atoms with Crippen LogP contribution in [0.4, 0.5) is 5.95 Å². The second kappa shape index (κ2) is 4.87. The molecule has 5 heteroatoms. The maximum atomic E-state index is 6.12. The Bertz CT molecular complexity index is 574. The Hall–Kier alpha value is -1.52. The summed E-state index contributed by atoms with van der Waals surface area (Å²) in [5.74, 6) is 1.40. The van der Waals surface area contributed by atoms with Gasteiger partial charge in [-0.2, -0.15) is 5.10 Å². The van der Waals surface area contributed by atoms with Gasteiger partial charge in [-0.25, -0.2) is 4.98 Å². The average Bonchev–Trinajstić information content (AvgIpc) is 3.04. The smallest absolute Gasteiger partial charge is 0.202 e. The van der Waals surface area contributed by atoms with E-state index in [9.17, 15) is 0 Å². The van der Waals surface area contributed by atoms with Gasteiger partial charge < -0.3 is 5.73 Å². The van der Waals surface area contributed by atoms with Crippen LogP contribution >= 0.6 is 0 Å². The molecule has 2 aromatic rings. The fourth-order valence-electron chi connectivity index (χ4n) is 3.29. The van der Waals surface area contributed by atoms with Crippen molar-refractivity contribution in [3.63, 3.8) is 0 Å². The topological polar surface area (TPSA) is 61.7 Å². The summed E-state index contributed by atoms with van der Waals surface area (Å²) in [6, 6.07) is 0. The summed E-state index contributed by atoms with van der Waals surface area (Å²) in [4.78, 5) is 4.55. The molecule has 2 aromatic heterocycles. The van der Waals surface area contributed by atoms with Gasteiger partial charge in [0.1, 0.15) is 5.52 Å². The quantitative estimate of drug-likeness (QED) is 0.919. The molecule has 1 fully saturated rings. The second-order valence-electron chi connectivity index (χ2n) is 5.72. The minimum absolute atomic E-state index is 0.646. The van der Waals surface area contributed by atoms with Crippen LogP contribution < -0.4 is 5.73 Å². The molecule has 104 valence electrons. The van der Waals surface area contributed by atoms with E-state index in [0.717, 1.165) is 42.2 Å². The molecule has 0 aromatic carbocycles. The zero-order chi connectivity index (χ0) is 13.4. The number of anilines is 1. The van der Waals surface area contributed by atoms with Crippen LogP contribution in [0, 0.1) is 5.92 Å². The lowest BCUT2D eigenvalue weighted by Gasteiger charge is -2.12. The molecule has 0 unspecified atom stereocenters. The minimum atomic E-state index is 0.646. The Kier molecular flexibility index (Phi) is 3.21. The zero-order valence-corrected chi connectivity index (χ0v) is 11.9. The molecule has 0 atom stereocenters. The lowest BCUT2D eigenvalue weighted by molar-refractivity contribution is 0.463. The third-order valence-corrected chi connectivity index (χ3v) is 4.22. The maximum absolute atomic E-state index is 6.12. The zero-order valence-electron chi connectivity index (χ0n) is 11.9. The van der Waals surface area contributed by atoms with Crippen molar-refractivity contribution in [1.82, 2.24) is 19.3 Å². The first-order valence-electron chi connectivity index (χ1n) is 7.38. The molecular formula is C14H23N5. The predicted molar refractivity (Wildman–Crippen MR) is 76.9 cm³/mol. The SMILES string of the molecule is CCCc1nn(C)c2c1nc(N)n2CC1CCCC1. The highest BCUT2D eigenvalue weighted by Gasteiger charge is 2.21. The molecule has 19 heavy (non-hydrogen) atoms. The Labute approximate surface area is 113 Å². The number of nitrogens with zero attached hydrogens (tertiary/aromatic N) is 4. The monoisotopic (exact) mass is 261 g/mol. The predicted octanol–water partition coefficient (Wildman–Crippen LogP) is 2.49. The fraction of sp³-hybridized carbons (Fsp3) is 0.714. The number of nitrogens with two attached hydrogens (primary N) is 1. The number of hydrogen-bond acceptors (Lipinski definition) is 3. The van der Waals surface area contributed by atoms with Crippen LogP contribution in [0.2, 0.25) is 0 Å². The van der Waals surface area contributed by atoms with Crippen LogP contribution in [0.1, 0.15) is 44.7 Å². The molecule has 0 aliphatic heterocycles. The number of hydrogen-bond donors (Lipinski definition) is 1. The standard InChI is InChI=1S/C14H23N5/c1-3-6-11-12-13(18(2)17-11)19(14(15)16-12)9-10-7-4-5-8-10/h10H,3-9H2,1-2H3,(H2,15,16). The Morgan fingerprint density at radius 2 is 2.05 bits per heavy atom. The van der Waals surface area contributed by atoms with Crippen LogP contribution in [0.15, 0.2) is 0 Å². The molecule has 0 radical (unpaired) electrons. The van der Waals surface area contributed by atoms with E-state index >= 15 is 0 Å². The van der Waals surface area contributed by atoms with Gasteiger partial charge in [-0.05, 0) is 25.2 Å². The van der Waals surface area contributed by atoms with Crippen molar-refractivity contribution < 1.29 is 0 Å². The van der Waals surface area contributed by atoms with E-state index in [1.165, 1.54) is 25.7 Å². The van der Waals surface area contributed by atoms with Gasteiger partial charge in [0.05, 0.1) is 5.69 Å². The van der Waals surface area contributed by atoms with E-state index < -0.39 is 0 Å². The second-order valence-corrected chi connectivity index (χ2v) is 5.72. The number of nitrogen functional groups attached to an aromatic ring is 1. The van der Waals surface area contributed by atoms with Gasteiger partial charge in [-0.1, -0.05) is 26.2 Å². The van der Waals surface area contributed by atoms with Gasteiger partial charge in [0.2, 0.25) is 5.95 Å². The minimum Gasteiger partial charge on any atom is -0.369 e. The first kappa shape index (κ1) is 12.5. The molecule has 0 spiro atoms. The lowest BCUT2D eigenvalue weighted by Crippen LogP contribution is -2.12. The molecule has 1 aliphatic carbocycles. The van der Waals surface area contributed by atoms with Crippen LogP contribution in [0.5, 0.6) is 0 Å². The molecule has 1 aliphatic rings. The van der Waals surface area contributed by atoms with Crippen molar-refractivity contribution in [3.8, 4) is 0 Å². The Morgan fingerprint density at radius 1 is 1.32 bits per heavy atom. The van der Waals surface area contributed by atoms with Gasteiger partial charge in [0.15, 0.2) is 5.65 Å². The van der Waals surface area contributed by atoms with E-state index in [0.29, 0.717) is 5.95 Å². The van der Waals surface area contributed by atoms with Crippen LogP contribution in [-0.4, -0.2) is 19.3 Å². The molecular weight excluding hydrogens is 238 g/mol. The maximum Gasteiger partial charge on any atom is 0.202 e. The van der Waals surface area contributed by atoms with E-state index in [1.54, 1.807) is 0 Å². The Morgan fingerprint density at radius 3 is 2.74 bits per heavy atom. The first-order chi connectivity index (χ1) is 9.20. The van der Waals surface area contributed by atoms with Gasteiger partial charge in [0.25, 0.3) is 0 Å². The van der Waals surface area contributed by atoms with E-state index in [-0.39, 0.29) is 0 Å². The highest BCUT2D eigenvalue weighted by molar-refractivity contribution is 5.77. The van der Waals surface area contributed by atoms with Crippen molar-refractivity contribution in [2.45, 2.75) is 52.0 Å². The molecule has 0 amide bonds. The van der Waals surface area contributed by atoms with Crippen molar-refractivity contribution in [1.29, 1.82) is 0 Å². The van der Waals surface area contributed by atoms with Crippen molar-refractivity contribution in [3.05, 3.63) is 5.69 Å². The summed E-state index contributed by atoms with van der Waals surface area (Å²) < 4.78 is 4.11. The van der Waals surface area contributed by atoms with Crippen LogP contribution in [-0.2, 0) is 20.0 Å². The van der Waals surface area contributed by atoms with Gasteiger partial charge in [-0.3, -0.25) is 9.25 Å². The number of aromatic nitrogens is 4. The summed E-state index contributed by atoms with van der Waals surface area (Å²) in [5, 5.41) is 4.59. The third kappa shape index (κ3) is 2.11. The molecule has 0 saturated heterocycles. The van der Waals surface area contributed by atoms with Crippen molar-refractivity contribution >= 4 is 17.1 Å². The Balaban J connectivity index is 2.00. The number of rotatable bonds is 4. The van der Waals surface area contributed by atoms with Crippen LogP contribution in [0.25, 0.3) is 11.2 Å². The number of fused-ring (bicyclic) bond motifs is 1. The molecule has 0 bridgehead atoms. The molecule has 1 saturated carbocycles. The molecule has 5 nitrogen and oxygen atoms in total. The largest absolute Gasteiger partial charge is 0.369 e. The first-order valence-corrected chi connectivity index (χ1v) is 7.38. The summed E-state index contributed by atoms with van der Waals surface area (Å²) in [5.41, 5.74) is 9.29. The van der Waals surface area contributed by atoms with Crippen molar-refractivity contribution in [2.75, 3.05) is 5.73 Å². The van der Waals surface area contributed by atoms with E-state index in [4.69, 9.17) is 5.73 Å². The highest BCUT2D eigenvalue weighted by atomic mass is 15.3. The number of imidazole rings is 1. The van der Waals surface area contributed by atoms with Gasteiger partial charge in [-0.15, -0.1) is 0 Å². The van der Waals surface area contributed by atoms with Crippen LogP contribution in [0.3, 0.4) is 0 Å². The molecule has 2 heterocycles. The summed E-state index contributed by atoms with van der Waals surface area (Å²) in [7, 11) is 1.99. The van der Waals surface area contributed by atoms with E-state index in [2.05, 4.69) is 21.6 Å². The fourth-order valence-corrected chi connectivity index (χ4v) is 3.29. The average molecular weight is 261 g/mol. The number of aryl methyl sites for hydroxylation is 2. The summed E-state index contributed by atoms with van der Waals surface area (Å²) in [6.45, 7) is 3.16. The lowest BCUT2D eigenvalue weighted by atomic mass is 10.1. The highest BCUT2D eigenvalue weighted by Crippen LogP contribution is 2.29. The van der Waals surface area contributed by atoms with E-state index in [1.807, 2.05) is 11.7 Å². The van der Waals surface area contributed by atoms with Gasteiger partial charge >= 0.3 is 0 Å². The molecule has 3 rings (SSSR count). The summed E-state index contributed by atoms with van der Waals surface area (Å²) >= 11 is 0. The van der Waals surface area contributed by atoms with Crippen molar-refractivity contribution in [2.24, 2.45) is 13.0 Å². The molecule has 2 N–H and O–H groups in total. The summed E-state index contributed by atoms with van der Waals surface area (Å²) in [6.07, 6.45) is 7.40.